The predicted molar refractivity (Wildman–Crippen MR) is 72.0 cm³/mol. The highest BCUT2D eigenvalue weighted by atomic mass is 32.1. The molecular formula is C12H14N4O2S. The zero-order chi connectivity index (χ0) is 13.5. The van der Waals surface area contributed by atoms with Gasteiger partial charge in [-0.2, -0.15) is 0 Å². The number of hydrogen-bond acceptors (Lipinski definition) is 5. The second-order valence-electron chi connectivity index (χ2n) is 3.98. The minimum Gasteiger partial charge on any atom is -0.369 e. The van der Waals surface area contributed by atoms with E-state index in [4.69, 9.17) is 0 Å². The highest BCUT2D eigenvalue weighted by Gasteiger charge is 2.12. The van der Waals surface area contributed by atoms with E-state index in [1.807, 2.05) is 16.5 Å². The Morgan fingerprint density at radius 2 is 2.21 bits per heavy atom. The van der Waals surface area contributed by atoms with Crippen molar-refractivity contribution < 1.29 is 9.59 Å². The van der Waals surface area contributed by atoms with Gasteiger partial charge in [0.2, 0.25) is 12.8 Å². The number of rotatable bonds is 7. The van der Waals surface area contributed by atoms with Gasteiger partial charge in [-0.05, 0) is 6.08 Å². The highest BCUT2D eigenvalue weighted by molar-refractivity contribution is 7.07. The number of carbonyl (C=O) groups is 2. The zero-order valence-corrected chi connectivity index (χ0v) is 11.0. The van der Waals surface area contributed by atoms with Gasteiger partial charge in [0.25, 0.3) is 0 Å². The van der Waals surface area contributed by atoms with Gasteiger partial charge < -0.3 is 15.5 Å². The Bertz CT molecular complexity index is 496. The van der Waals surface area contributed by atoms with Crippen LogP contribution in [0, 0.1) is 0 Å². The summed E-state index contributed by atoms with van der Waals surface area (Å²) < 4.78 is 0. The quantitative estimate of drug-likeness (QED) is 0.700. The number of nitrogens with one attached hydrogen (secondary N) is 2. The van der Waals surface area contributed by atoms with Gasteiger partial charge in [0, 0.05) is 30.2 Å². The van der Waals surface area contributed by atoms with Crippen LogP contribution in [-0.4, -0.2) is 35.8 Å². The van der Waals surface area contributed by atoms with Crippen molar-refractivity contribution in [2.75, 3.05) is 13.1 Å². The van der Waals surface area contributed by atoms with E-state index in [0.29, 0.717) is 25.1 Å². The van der Waals surface area contributed by atoms with E-state index in [2.05, 4.69) is 15.6 Å². The first kappa shape index (κ1) is 13.3. The molecule has 100 valence electrons. The number of thiazole rings is 1. The van der Waals surface area contributed by atoms with Crippen LogP contribution in [0.2, 0.25) is 0 Å². The third-order valence-electron chi connectivity index (χ3n) is 2.63. The predicted octanol–water partition coefficient (Wildman–Crippen LogP) is 0.218. The monoisotopic (exact) mass is 278 g/mol. The van der Waals surface area contributed by atoms with Gasteiger partial charge in [-0.15, -0.1) is 11.3 Å². The van der Waals surface area contributed by atoms with E-state index in [9.17, 15) is 9.59 Å². The van der Waals surface area contributed by atoms with Crippen LogP contribution in [0.3, 0.4) is 0 Å². The summed E-state index contributed by atoms with van der Waals surface area (Å²) in [5, 5.41) is 7.23. The Balaban J connectivity index is 1.98. The highest BCUT2D eigenvalue weighted by Crippen LogP contribution is 2.11. The Labute approximate surface area is 114 Å². The van der Waals surface area contributed by atoms with Gasteiger partial charge in [-0.25, -0.2) is 4.98 Å². The van der Waals surface area contributed by atoms with Crippen LogP contribution in [-0.2, 0) is 16.0 Å². The second kappa shape index (κ2) is 6.69. The molecule has 1 aromatic rings. The van der Waals surface area contributed by atoms with Crippen LogP contribution >= 0.6 is 11.3 Å². The first-order chi connectivity index (χ1) is 9.31. The van der Waals surface area contributed by atoms with Crippen molar-refractivity contribution in [3.8, 4) is 0 Å². The van der Waals surface area contributed by atoms with Crippen molar-refractivity contribution >= 4 is 24.2 Å². The molecule has 1 aromatic heterocycles. The molecule has 0 aromatic carbocycles. The Kier molecular flexibility index (Phi) is 4.68. The maximum absolute atomic E-state index is 10.5. The van der Waals surface area contributed by atoms with E-state index in [1.165, 1.54) is 0 Å². The molecule has 0 atom stereocenters. The molecule has 0 bridgehead atoms. The Morgan fingerprint density at radius 3 is 2.89 bits per heavy atom. The molecule has 0 saturated heterocycles. The van der Waals surface area contributed by atoms with E-state index < -0.39 is 0 Å². The third kappa shape index (κ3) is 3.92. The Hall–Kier alpha value is -2.15. The summed E-state index contributed by atoms with van der Waals surface area (Å²) in [5.74, 6) is 0. The minimum absolute atomic E-state index is 0.604. The molecule has 1 aliphatic heterocycles. The summed E-state index contributed by atoms with van der Waals surface area (Å²) >= 11 is 1.57. The molecule has 0 saturated carbocycles. The van der Waals surface area contributed by atoms with Gasteiger partial charge in [0.05, 0.1) is 23.4 Å². The van der Waals surface area contributed by atoms with Crippen molar-refractivity contribution in [1.29, 1.82) is 0 Å². The lowest BCUT2D eigenvalue weighted by Crippen LogP contribution is -2.32. The summed E-state index contributed by atoms with van der Waals surface area (Å²) in [4.78, 5) is 27.2. The first-order valence-corrected chi connectivity index (χ1v) is 6.70. The van der Waals surface area contributed by atoms with Gasteiger partial charge >= 0.3 is 0 Å². The normalized spacial score (nSPS) is 14.4. The molecule has 0 aliphatic carbocycles. The first-order valence-electron chi connectivity index (χ1n) is 5.75. The van der Waals surface area contributed by atoms with Gasteiger partial charge in [0.1, 0.15) is 0 Å². The lowest BCUT2D eigenvalue weighted by molar-refractivity contribution is -0.109. The van der Waals surface area contributed by atoms with Gasteiger partial charge in [-0.1, -0.05) is 0 Å². The third-order valence-corrected chi connectivity index (χ3v) is 3.27. The average molecular weight is 278 g/mol. The summed E-state index contributed by atoms with van der Waals surface area (Å²) in [6.07, 6.45) is 5.67. The van der Waals surface area contributed by atoms with Crippen LogP contribution in [0.5, 0.6) is 0 Å². The molecule has 0 radical (unpaired) electrons. The van der Waals surface area contributed by atoms with Crippen LogP contribution < -0.4 is 10.6 Å². The molecule has 2 N–H and O–H groups in total. The molecule has 0 spiro atoms. The maximum Gasteiger partial charge on any atom is 0.211 e. The molecule has 2 heterocycles. The Morgan fingerprint density at radius 1 is 1.37 bits per heavy atom. The summed E-state index contributed by atoms with van der Waals surface area (Å²) in [6, 6.07) is 0. The number of aromatic nitrogens is 1. The van der Waals surface area contributed by atoms with E-state index in [1.54, 1.807) is 22.9 Å². The van der Waals surface area contributed by atoms with E-state index >= 15 is 0 Å². The SMILES string of the molecule is O=CNC1=CN(CCc2cscn2)CC(NC=O)=C1. The summed E-state index contributed by atoms with van der Waals surface area (Å²) in [5.41, 5.74) is 4.26. The van der Waals surface area contributed by atoms with E-state index in [-0.39, 0.29) is 0 Å². The van der Waals surface area contributed by atoms with E-state index in [0.717, 1.165) is 24.4 Å². The lowest BCUT2D eigenvalue weighted by atomic mass is 10.2. The summed E-state index contributed by atoms with van der Waals surface area (Å²) in [6.45, 7) is 1.37. The van der Waals surface area contributed by atoms with Crippen molar-refractivity contribution in [2.45, 2.75) is 6.42 Å². The standard InChI is InChI=1S/C12H14N4O2S/c17-7-13-11-3-12(14-8-18)5-16(4-11)2-1-10-6-19-9-15-10/h3-4,6-9H,1-2,5H2,(H,13,17)(H,14,18). The van der Waals surface area contributed by atoms with Crippen molar-refractivity contribution in [2.24, 2.45) is 0 Å². The molecule has 2 rings (SSSR count). The molecule has 0 fully saturated rings. The molecular weight excluding hydrogens is 264 g/mol. The number of amides is 2. The van der Waals surface area contributed by atoms with Crippen LogP contribution in [0.25, 0.3) is 0 Å². The van der Waals surface area contributed by atoms with Crippen LogP contribution in [0.15, 0.2) is 34.6 Å². The fourth-order valence-electron chi connectivity index (χ4n) is 1.80. The topological polar surface area (TPSA) is 74.3 Å². The zero-order valence-electron chi connectivity index (χ0n) is 10.2. The fourth-order valence-corrected chi connectivity index (χ4v) is 2.40. The van der Waals surface area contributed by atoms with Crippen LogP contribution in [0.1, 0.15) is 5.69 Å². The van der Waals surface area contributed by atoms with Crippen LogP contribution in [0.4, 0.5) is 0 Å². The summed E-state index contributed by atoms with van der Waals surface area (Å²) in [7, 11) is 0. The van der Waals surface area contributed by atoms with Crippen molar-refractivity contribution in [3.63, 3.8) is 0 Å². The van der Waals surface area contributed by atoms with Gasteiger partial charge in [-0.3, -0.25) is 9.59 Å². The largest absolute Gasteiger partial charge is 0.369 e. The number of allylic oxidation sites excluding steroid dienone is 1. The molecule has 1 aliphatic rings. The molecule has 19 heavy (non-hydrogen) atoms. The smallest absolute Gasteiger partial charge is 0.211 e. The average Bonchev–Trinajstić information content (AvgIpc) is 2.90. The maximum atomic E-state index is 10.5. The van der Waals surface area contributed by atoms with Gasteiger partial charge in [0.15, 0.2) is 0 Å². The number of hydrogen-bond donors (Lipinski definition) is 2. The molecule has 7 heteroatoms. The minimum atomic E-state index is 0.604. The lowest BCUT2D eigenvalue weighted by Gasteiger charge is -2.26. The number of carbonyl (C=O) groups excluding carboxylic acids is 2. The fraction of sp³-hybridized carbons (Fsp3) is 0.250. The molecule has 0 unspecified atom stereocenters. The van der Waals surface area contributed by atoms with Crippen molar-refractivity contribution in [1.82, 2.24) is 20.5 Å². The number of nitrogens with zero attached hydrogens (tertiary/aromatic N) is 2. The molecule has 6 nitrogen and oxygen atoms in total. The van der Waals surface area contributed by atoms with Crippen molar-refractivity contribution in [3.05, 3.63) is 40.3 Å². The second-order valence-corrected chi connectivity index (χ2v) is 4.70. The molecule has 2 amide bonds.